The van der Waals surface area contributed by atoms with Crippen LogP contribution < -0.4 is 10.6 Å². The van der Waals surface area contributed by atoms with E-state index in [1.807, 2.05) is 14.0 Å². The Labute approximate surface area is 187 Å². The molecule has 0 saturated heterocycles. The number of amides is 2. The molecule has 1 aromatic carbocycles. The minimum absolute atomic E-state index is 0. The fourth-order valence-corrected chi connectivity index (χ4v) is 3.00. The van der Waals surface area contributed by atoms with Gasteiger partial charge in [0.05, 0.1) is 11.1 Å². The van der Waals surface area contributed by atoms with E-state index in [0.29, 0.717) is 36.7 Å². The lowest BCUT2D eigenvalue weighted by molar-refractivity contribution is 0.0652. The van der Waals surface area contributed by atoms with Crippen LogP contribution in [0.15, 0.2) is 35.6 Å². The minimum atomic E-state index is -0.202. The third-order valence-corrected chi connectivity index (χ3v) is 4.51. The number of fused-ring (bicyclic) bond motifs is 1. The van der Waals surface area contributed by atoms with E-state index >= 15 is 0 Å². The van der Waals surface area contributed by atoms with Gasteiger partial charge >= 0.3 is 0 Å². The van der Waals surface area contributed by atoms with Crippen molar-refractivity contribution in [2.24, 2.45) is 12.0 Å². The number of hydrogen-bond acceptors (Lipinski definition) is 5. The highest BCUT2D eigenvalue weighted by Gasteiger charge is 2.34. The van der Waals surface area contributed by atoms with E-state index in [9.17, 15) is 9.59 Å². The second-order valence-corrected chi connectivity index (χ2v) is 6.44. The number of aliphatic imine (C=N–C) groups is 1. The number of hydrogen-bond donors (Lipinski definition) is 2. The summed E-state index contributed by atoms with van der Waals surface area (Å²) in [5.74, 6) is 1.08. The Hall–Kier alpha value is -2.50. The molecule has 0 spiro atoms. The van der Waals surface area contributed by atoms with Gasteiger partial charge in [-0.1, -0.05) is 12.1 Å². The van der Waals surface area contributed by atoms with Gasteiger partial charge in [-0.15, -0.1) is 24.0 Å². The lowest BCUT2D eigenvalue weighted by atomic mass is 10.1. The SMILES string of the molecule is CCNC(=NCc1ncnn1C)NCCCCN1C(=O)c2ccccc2C1=O.I. The molecule has 9 nitrogen and oxygen atoms in total. The highest BCUT2D eigenvalue weighted by Crippen LogP contribution is 2.22. The van der Waals surface area contributed by atoms with Gasteiger partial charge in [0.1, 0.15) is 18.7 Å². The third kappa shape index (κ3) is 5.52. The van der Waals surface area contributed by atoms with Crippen molar-refractivity contribution in [3.63, 3.8) is 0 Å². The number of imide groups is 1. The van der Waals surface area contributed by atoms with Gasteiger partial charge in [0.25, 0.3) is 11.8 Å². The summed E-state index contributed by atoms with van der Waals surface area (Å²) in [4.78, 5) is 34.7. The molecule has 0 radical (unpaired) electrons. The maximum absolute atomic E-state index is 12.3. The van der Waals surface area contributed by atoms with E-state index in [1.165, 1.54) is 11.2 Å². The zero-order chi connectivity index (χ0) is 19.9. The molecule has 0 unspecified atom stereocenters. The van der Waals surface area contributed by atoms with E-state index in [-0.39, 0.29) is 35.8 Å². The van der Waals surface area contributed by atoms with Crippen molar-refractivity contribution in [2.75, 3.05) is 19.6 Å². The molecular formula is C19H26IN7O2. The lowest BCUT2D eigenvalue weighted by Gasteiger charge is -2.14. The predicted octanol–water partition coefficient (Wildman–Crippen LogP) is 1.56. The number of aromatic nitrogens is 3. The molecule has 2 N–H and O–H groups in total. The number of benzene rings is 1. The first-order valence-corrected chi connectivity index (χ1v) is 9.42. The van der Waals surface area contributed by atoms with E-state index in [1.54, 1.807) is 28.9 Å². The molecule has 1 aromatic heterocycles. The van der Waals surface area contributed by atoms with Crippen LogP contribution in [0.2, 0.25) is 0 Å². The molecular weight excluding hydrogens is 485 g/mol. The van der Waals surface area contributed by atoms with Crippen LogP contribution in [0.3, 0.4) is 0 Å². The van der Waals surface area contributed by atoms with Crippen molar-refractivity contribution in [1.82, 2.24) is 30.3 Å². The molecule has 0 atom stereocenters. The van der Waals surface area contributed by atoms with E-state index < -0.39 is 0 Å². The Bertz CT molecular complexity index is 846. The van der Waals surface area contributed by atoms with Crippen LogP contribution in [0.25, 0.3) is 0 Å². The molecule has 0 aliphatic carbocycles. The van der Waals surface area contributed by atoms with Gasteiger partial charge < -0.3 is 10.6 Å². The van der Waals surface area contributed by atoms with Crippen molar-refractivity contribution in [3.05, 3.63) is 47.5 Å². The van der Waals surface area contributed by atoms with E-state index in [0.717, 1.165) is 25.2 Å². The van der Waals surface area contributed by atoms with Crippen molar-refractivity contribution >= 4 is 41.8 Å². The summed E-state index contributed by atoms with van der Waals surface area (Å²) in [5.41, 5.74) is 0.993. The molecule has 2 amide bonds. The zero-order valence-corrected chi connectivity index (χ0v) is 18.9. The maximum Gasteiger partial charge on any atom is 0.261 e. The summed E-state index contributed by atoms with van der Waals surface area (Å²) in [6, 6.07) is 6.96. The fraction of sp³-hybridized carbons (Fsp3) is 0.421. The van der Waals surface area contributed by atoms with Gasteiger partial charge in [0.2, 0.25) is 0 Å². The molecule has 1 aliphatic rings. The Morgan fingerprint density at radius 2 is 1.79 bits per heavy atom. The summed E-state index contributed by atoms with van der Waals surface area (Å²) >= 11 is 0. The number of unbranched alkanes of at least 4 members (excludes halogenated alkanes) is 1. The summed E-state index contributed by atoms with van der Waals surface area (Å²) in [7, 11) is 1.83. The fourth-order valence-electron chi connectivity index (χ4n) is 3.00. The molecule has 0 saturated carbocycles. The number of guanidine groups is 1. The number of nitrogens with one attached hydrogen (secondary N) is 2. The molecule has 156 valence electrons. The van der Waals surface area contributed by atoms with Crippen LogP contribution in [0.4, 0.5) is 0 Å². The van der Waals surface area contributed by atoms with E-state index in [4.69, 9.17) is 0 Å². The van der Waals surface area contributed by atoms with Gasteiger partial charge in [-0.3, -0.25) is 19.2 Å². The smallest absolute Gasteiger partial charge is 0.261 e. The Kier molecular flexibility index (Phi) is 8.55. The monoisotopic (exact) mass is 511 g/mol. The van der Waals surface area contributed by atoms with Crippen LogP contribution in [0.1, 0.15) is 46.3 Å². The van der Waals surface area contributed by atoms with Gasteiger partial charge in [0.15, 0.2) is 5.96 Å². The van der Waals surface area contributed by atoms with Crippen molar-refractivity contribution in [3.8, 4) is 0 Å². The van der Waals surface area contributed by atoms with Crippen LogP contribution in [-0.2, 0) is 13.6 Å². The summed E-state index contributed by atoms with van der Waals surface area (Å²) in [6.07, 6.45) is 3.04. The standard InChI is InChI=1S/C19H25N7O2.HI/c1-3-20-19(22-12-16-23-13-24-25(16)2)21-10-6-7-11-26-17(27)14-8-4-5-9-15(14)18(26)28;/h4-5,8-9,13H,3,6-7,10-12H2,1-2H3,(H2,20,21,22);1H. The number of carbonyl (C=O) groups excluding carboxylic acids is 2. The molecule has 29 heavy (non-hydrogen) atoms. The average molecular weight is 511 g/mol. The molecule has 1 aliphatic heterocycles. The number of halogens is 1. The molecule has 0 fully saturated rings. The largest absolute Gasteiger partial charge is 0.357 e. The molecule has 3 rings (SSSR count). The highest BCUT2D eigenvalue weighted by molar-refractivity contribution is 14.0. The van der Waals surface area contributed by atoms with Crippen LogP contribution in [-0.4, -0.2) is 57.1 Å². The topological polar surface area (TPSA) is 105 Å². The average Bonchev–Trinajstić information content (AvgIpc) is 3.22. The minimum Gasteiger partial charge on any atom is -0.357 e. The highest BCUT2D eigenvalue weighted by atomic mass is 127. The number of aryl methyl sites for hydroxylation is 1. The van der Waals surface area contributed by atoms with Crippen molar-refractivity contribution in [2.45, 2.75) is 26.3 Å². The van der Waals surface area contributed by atoms with E-state index in [2.05, 4.69) is 25.7 Å². The quantitative estimate of drug-likeness (QED) is 0.183. The van der Waals surface area contributed by atoms with Crippen molar-refractivity contribution < 1.29 is 9.59 Å². The third-order valence-electron chi connectivity index (χ3n) is 4.51. The van der Waals surface area contributed by atoms with Crippen molar-refractivity contribution in [1.29, 1.82) is 0 Å². The van der Waals surface area contributed by atoms with Crippen LogP contribution >= 0.6 is 24.0 Å². The maximum atomic E-state index is 12.3. The van der Waals surface area contributed by atoms with Gasteiger partial charge in [-0.2, -0.15) is 5.10 Å². The summed E-state index contributed by atoms with van der Waals surface area (Å²) in [6.45, 7) is 4.29. The summed E-state index contributed by atoms with van der Waals surface area (Å²) < 4.78 is 1.69. The van der Waals surface area contributed by atoms with Crippen LogP contribution in [0, 0.1) is 0 Å². The lowest BCUT2D eigenvalue weighted by Crippen LogP contribution is -2.38. The Balaban J connectivity index is 0.00000300. The second kappa shape index (κ2) is 10.9. The van der Waals surface area contributed by atoms with Gasteiger partial charge in [-0.25, -0.2) is 9.98 Å². The van der Waals surface area contributed by atoms with Gasteiger partial charge in [0, 0.05) is 26.7 Å². The second-order valence-electron chi connectivity index (χ2n) is 6.44. The van der Waals surface area contributed by atoms with Gasteiger partial charge in [-0.05, 0) is 31.9 Å². The first-order chi connectivity index (χ1) is 13.6. The molecule has 10 heteroatoms. The molecule has 2 heterocycles. The Morgan fingerprint density at radius 1 is 1.10 bits per heavy atom. The first kappa shape index (κ1) is 22.8. The predicted molar refractivity (Wildman–Crippen MR) is 120 cm³/mol. The van der Waals surface area contributed by atoms with Crippen LogP contribution in [0.5, 0.6) is 0 Å². The molecule has 2 aromatic rings. The number of nitrogens with zero attached hydrogens (tertiary/aromatic N) is 5. The first-order valence-electron chi connectivity index (χ1n) is 9.42. The molecule has 0 bridgehead atoms. The number of carbonyl (C=O) groups is 2. The Morgan fingerprint density at radius 3 is 2.38 bits per heavy atom. The zero-order valence-electron chi connectivity index (χ0n) is 16.6. The summed E-state index contributed by atoms with van der Waals surface area (Å²) in [5, 5.41) is 10.5. The normalized spacial score (nSPS) is 13.3. The number of rotatable bonds is 8.